The van der Waals surface area contributed by atoms with Gasteiger partial charge in [-0.2, -0.15) is 15.0 Å². The highest BCUT2D eigenvalue weighted by atomic mass is 32.2. The first-order valence-electron chi connectivity index (χ1n) is 10.8. The Hall–Kier alpha value is -3.77. The van der Waals surface area contributed by atoms with Crippen molar-refractivity contribution in [3.8, 4) is 0 Å². The summed E-state index contributed by atoms with van der Waals surface area (Å²) in [4.78, 5) is 66.4. The molecule has 0 saturated heterocycles. The molecule has 0 saturated carbocycles. The Morgan fingerprint density at radius 1 is 0.629 bits per heavy atom. The molecule has 0 unspecified atom stereocenters. The van der Waals surface area contributed by atoms with Gasteiger partial charge in [-0.05, 0) is 38.1 Å². The molecule has 0 aliphatic carbocycles. The first-order valence-corrected chi connectivity index (χ1v) is 12.3. The molecule has 5 rings (SSSR count). The normalized spacial score (nSPS) is 14.6. The van der Waals surface area contributed by atoms with E-state index in [0.717, 1.165) is 32.5 Å². The largest absolute Gasteiger partial charge is 0.341 e. The summed E-state index contributed by atoms with van der Waals surface area (Å²) in [5.74, 6) is -1.54. The van der Waals surface area contributed by atoms with E-state index in [9.17, 15) is 19.2 Å². The molecule has 2 aliphatic rings. The number of amides is 4. The fraction of sp³-hybridized carbons (Fsp3) is 0.174. The van der Waals surface area contributed by atoms with E-state index in [4.69, 9.17) is 0 Å². The first kappa shape index (κ1) is 23.0. The number of anilines is 1. The smallest absolute Gasteiger partial charge is 0.272 e. The van der Waals surface area contributed by atoms with Crippen molar-refractivity contribution in [2.45, 2.75) is 24.2 Å². The van der Waals surface area contributed by atoms with Gasteiger partial charge in [0.25, 0.3) is 23.6 Å². The van der Waals surface area contributed by atoms with Crippen molar-refractivity contribution < 1.29 is 19.2 Å². The van der Waals surface area contributed by atoms with Crippen molar-refractivity contribution in [3.63, 3.8) is 0 Å². The molecule has 3 aromatic rings. The van der Waals surface area contributed by atoms with Crippen LogP contribution in [0.2, 0.25) is 0 Å². The number of carbonyl (C=O) groups is 4. The van der Waals surface area contributed by atoms with Gasteiger partial charge >= 0.3 is 0 Å². The fourth-order valence-corrected chi connectivity index (χ4v) is 5.33. The molecule has 0 N–H and O–H groups in total. The zero-order chi connectivity index (χ0) is 24.7. The first-order chi connectivity index (χ1) is 16.9. The van der Waals surface area contributed by atoms with Crippen molar-refractivity contribution in [1.82, 2.24) is 23.6 Å². The van der Waals surface area contributed by atoms with Crippen LogP contribution in [-0.2, 0) is 0 Å². The molecule has 0 atom stereocenters. The predicted molar refractivity (Wildman–Crippen MR) is 129 cm³/mol. The number of imide groups is 2. The molecule has 0 bridgehead atoms. The van der Waals surface area contributed by atoms with Crippen LogP contribution in [-0.4, -0.2) is 60.3 Å². The number of aromatic nitrogens is 3. The average molecular weight is 507 g/mol. The molecule has 4 amide bonds. The highest BCUT2D eigenvalue weighted by molar-refractivity contribution is 7.98. The molecule has 2 aromatic carbocycles. The highest BCUT2D eigenvalue weighted by Crippen LogP contribution is 2.35. The van der Waals surface area contributed by atoms with Gasteiger partial charge in [-0.1, -0.05) is 24.3 Å². The third kappa shape index (κ3) is 3.94. The zero-order valence-corrected chi connectivity index (χ0v) is 20.3. The van der Waals surface area contributed by atoms with Gasteiger partial charge in [0.15, 0.2) is 0 Å². The molecule has 3 heterocycles. The van der Waals surface area contributed by atoms with E-state index in [1.807, 2.05) is 18.7 Å². The molecular formula is C23H18N6O4S2. The van der Waals surface area contributed by atoms with Crippen molar-refractivity contribution in [2.75, 3.05) is 18.0 Å². The van der Waals surface area contributed by atoms with Crippen molar-refractivity contribution in [3.05, 3.63) is 70.8 Å². The zero-order valence-electron chi connectivity index (χ0n) is 18.7. The number of fused-ring (bicyclic) bond motifs is 2. The molecule has 0 fully saturated rings. The van der Waals surface area contributed by atoms with Gasteiger partial charge in [-0.15, -0.1) is 0 Å². The molecule has 12 heteroatoms. The van der Waals surface area contributed by atoms with Gasteiger partial charge in [-0.25, -0.2) is 8.61 Å². The number of nitrogens with zero attached hydrogens (tertiary/aromatic N) is 6. The number of carbonyl (C=O) groups excluding carboxylic acids is 4. The van der Waals surface area contributed by atoms with Crippen LogP contribution in [0.25, 0.3) is 0 Å². The Bertz CT molecular complexity index is 1230. The second-order valence-corrected chi connectivity index (χ2v) is 9.28. The second kappa shape index (κ2) is 9.12. The van der Waals surface area contributed by atoms with Crippen LogP contribution < -0.4 is 4.90 Å². The number of benzene rings is 2. The van der Waals surface area contributed by atoms with Gasteiger partial charge in [-0.3, -0.25) is 19.2 Å². The van der Waals surface area contributed by atoms with Crippen LogP contribution in [0, 0.1) is 0 Å². The van der Waals surface area contributed by atoms with Crippen molar-refractivity contribution in [1.29, 1.82) is 0 Å². The van der Waals surface area contributed by atoms with Crippen LogP contribution in [0.15, 0.2) is 58.8 Å². The Morgan fingerprint density at radius 3 is 1.29 bits per heavy atom. The van der Waals surface area contributed by atoms with E-state index >= 15 is 0 Å². The third-order valence-corrected chi connectivity index (χ3v) is 7.21. The number of hydrogen-bond acceptors (Lipinski definition) is 10. The molecule has 10 nitrogen and oxygen atoms in total. The standard InChI is InChI=1S/C23H18N6O4S2/c1-3-27(4-2)21-24-22(34-28-17(30)13-9-5-6-10-14(13)18(28)31)26-23(25-21)35-29-19(32)15-11-7-8-12-16(15)20(29)33/h5-12H,3-4H2,1-2H3. The minimum atomic E-state index is -0.463. The molecule has 2 aliphatic heterocycles. The monoisotopic (exact) mass is 506 g/mol. The van der Waals surface area contributed by atoms with Crippen LogP contribution in [0.4, 0.5) is 5.95 Å². The van der Waals surface area contributed by atoms with Crippen molar-refractivity contribution >= 4 is 53.5 Å². The van der Waals surface area contributed by atoms with Gasteiger partial charge in [0.1, 0.15) is 0 Å². The maximum atomic E-state index is 12.8. The number of rotatable bonds is 7. The predicted octanol–water partition coefficient (Wildman–Crippen LogP) is 3.32. The minimum Gasteiger partial charge on any atom is -0.341 e. The van der Waals surface area contributed by atoms with E-state index < -0.39 is 23.6 Å². The lowest BCUT2D eigenvalue weighted by Gasteiger charge is -2.20. The van der Waals surface area contributed by atoms with E-state index in [1.54, 1.807) is 48.5 Å². The average Bonchev–Trinajstić information content (AvgIpc) is 3.26. The summed E-state index contributed by atoms with van der Waals surface area (Å²) in [6.45, 7) is 5.05. The van der Waals surface area contributed by atoms with Crippen LogP contribution in [0.3, 0.4) is 0 Å². The summed E-state index contributed by atoms with van der Waals surface area (Å²) in [6.07, 6.45) is 0. The summed E-state index contributed by atoms with van der Waals surface area (Å²) in [7, 11) is 0. The Labute approximate surface area is 209 Å². The Kier molecular flexibility index (Phi) is 5.99. The second-order valence-electron chi connectivity index (χ2n) is 7.46. The van der Waals surface area contributed by atoms with Gasteiger partial charge < -0.3 is 4.90 Å². The molecule has 1 aromatic heterocycles. The summed E-state index contributed by atoms with van der Waals surface area (Å²) < 4.78 is 2.00. The molecule has 176 valence electrons. The van der Waals surface area contributed by atoms with E-state index in [2.05, 4.69) is 15.0 Å². The summed E-state index contributed by atoms with van der Waals surface area (Å²) in [5, 5.41) is 0.186. The molecule has 0 spiro atoms. The highest BCUT2D eigenvalue weighted by Gasteiger charge is 2.39. The minimum absolute atomic E-state index is 0.0931. The maximum absolute atomic E-state index is 12.8. The fourth-order valence-electron chi connectivity index (χ4n) is 3.72. The summed E-state index contributed by atoms with van der Waals surface area (Å²) in [6, 6.07) is 13.1. The lowest BCUT2D eigenvalue weighted by Crippen LogP contribution is -2.27. The van der Waals surface area contributed by atoms with E-state index in [-0.39, 0.29) is 10.3 Å². The van der Waals surface area contributed by atoms with Crippen LogP contribution in [0.5, 0.6) is 0 Å². The van der Waals surface area contributed by atoms with Crippen LogP contribution in [0.1, 0.15) is 55.3 Å². The Morgan fingerprint density at radius 2 is 0.971 bits per heavy atom. The van der Waals surface area contributed by atoms with Gasteiger partial charge in [0.05, 0.1) is 22.3 Å². The van der Waals surface area contributed by atoms with Gasteiger partial charge in [0.2, 0.25) is 16.3 Å². The number of hydrogen-bond donors (Lipinski definition) is 0. The van der Waals surface area contributed by atoms with Crippen LogP contribution >= 0.6 is 23.9 Å². The topological polar surface area (TPSA) is 117 Å². The molecule has 0 radical (unpaired) electrons. The molecular weight excluding hydrogens is 488 g/mol. The SMILES string of the molecule is CCN(CC)c1nc(SN2C(=O)c3ccccc3C2=O)nc(SN2C(=O)c3ccccc3C2=O)n1. The lowest BCUT2D eigenvalue weighted by atomic mass is 10.1. The van der Waals surface area contributed by atoms with Crippen molar-refractivity contribution in [2.24, 2.45) is 0 Å². The maximum Gasteiger partial charge on any atom is 0.272 e. The van der Waals surface area contributed by atoms with E-state index in [1.165, 1.54) is 0 Å². The lowest BCUT2D eigenvalue weighted by molar-refractivity contribution is 0.0760. The van der Waals surface area contributed by atoms with E-state index in [0.29, 0.717) is 41.3 Å². The quantitative estimate of drug-likeness (QED) is 0.349. The third-order valence-electron chi connectivity index (χ3n) is 5.49. The summed E-state index contributed by atoms with van der Waals surface area (Å²) in [5.41, 5.74) is 1.24. The molecule has 35 heavy (non-hydrogen) atoms. The summed E-state index contributed by atoms with van der Waals surface area (Å²) >= 11 is 1.56. The Balaban J connectivity index is 1.47. The van der Waals surface area contributed by atoms with Gasteiger partial charge in [0, 0.05) is 37.0 Å².